The van der Waals surface area contributed by atoms with E-state index < -0.39 is 0 Å². The third-order valence-corrected chi connectivity index (χ3v) is 3.46. The second kappa shape index (κ2) is 10.3. The summed E-state index contributed by atoms with van der Waals surface area (Å²) in [4.78, 5) is 11.9. The van der Waals surface area contributed by atoms with Gasteiger partial charge in [0.05, 0.1) is 31.6 Å². The standard InChI is InChI=1S/C17H25N5O3/c1-24-9-7-18-15-5-3-14(4-6-15)11-19-17(23)21-16-12-20-22(13-16)8-10-25-2/h3-6,12-13,18H,7-11H2,1-2H3,(H2,19,21,23). The monoisotopic (exact) mass is 347 g/mol. The summed E-state index contributed by atoms with van der Waals surface area (Å²) in [7, 11) is 3.31. The van der Waals surface area contributed by atoms with Crippen molar-refractivity contribution in [3.63, 3.8) is 0 Å². The lowest BCUT2D eigenvalue weighted by Gasteiger charge is -2.08. The molecule has 1 aromatic carbocycles. The number of amides is 2. The summed E-state index contributed by atoms with van der Waals surface area (Å²) < 4.78 is 11.7. The summed E-state index contributed by atoms with van der Waals surface area (Å²) in [6, 6.07) is 7.62. The van der Waals surface area contributed by atoms with Gasteiger partial charge in [-0.1, -0.05) is 12.1 Å². The third kappa shape index (κ3) is 6.82. The van der Waals surface area contributed by atoms with Crippen molar-refractivity contribution in [3.8, 4) is 0 Å². The number of nitrogens with one attached hydrogen (secondary N) is 3. The number of rotatable bonds is 10. The van der Waals surface area contributed by atoms with Crippen molar-refractivity contribution < 1.29 is 14.3 Å². The van der Waals surface area contributed by atoms with Gasteiger partial charge in [-0.05, 0) is 17.7 Å². The first-order valence-electron chi connectivity index (χ1n) is 8.09. The van der Waals surface area contributed by atoms with Gasteiger partial charge in [-0.3, -0.25) is 4.68 Å². The number of hydrogen-bond acceptors (Lipinski definition) is 5. The molecular weight excluding hydrogens is 322 g/mol. The van der Waals surface area contributed by atoms with Crippen LogP contribution in [0.3, 0.4) is 0 Å². The molecular formula is C17H25N5O3. The van der Waals surface area contributed by atoms with Gasteiger partial charge in [0.1, 0.15) is 0 Å². The molecule has 0 unspecified atom stereocenters. The second-order valence-electron chi connectivity index (χ2n) is 5.41. The number of carbonyl (C=O) groups excluding carboxylic acids is 1. The fraction of sp³-hybridized carbons (Fsp3) is 0.412. The Morgan fingerprint density at radius 3 is 2.60 bits per heavy atom. The number of methoxy groups -OCH3 is 2. The van der Waals surface area contributed by atoms with Gasteiger partial charge in [0.25, 0.3) is 0 Å². The van der Waals surface area contributed by atoms with Gasteiger partial charge in [-0.15, -0.1) is 0 Å². The summed E-state index contributed by atoms with van der Waals surface area (Å²) in [5.41, 5.74) is 2.68. The van der Waals surface area contributed by atoms with Gasteiger partial charge in [-0.2, -0.15) is 5.10 Å². The Balaban J connectivity index is 1.73. The van der Waals surface area contributed by atoms with Crippen LogP contribution in [0.2, 0.25) is 0 Å². The highest BCUT2D eigenvalue weighted by Gasteiger charge is 2.04. The molecule has 0 fully saturated rings. The Morgan fingerprint density at radius 1 is 1.12 bits per heavy atom. The smallest absolute Gasteiger partial charge is 0.319 e. The molecule has 0 bridgehead atoms. The Hall–Kier alpha value is -2.58. The Kier molecular flexibility index (Phi) is 7.74. The second-order valence-corrected chi connectivity index (χ2v) is 5.41. The third-order valence-electron chi connectivity index (χ3n) is 3.46. The zero-order valence-corrected chi connectivity index (χ0v) is 14.6. The highest BCUT2D eigenvalue weighted by atomic mass is 16.5. The summed E-state index contributed by atoms with van der Waals surface area (Å²) >= 11 is 0. The number of carbonyl (C=O) groups is 1. The van der Waals surface area contributed by atoms with Gasteiger partial charge < -0.3 is 25.4 Å². The molecule has 0 spiro atoms. The molecule has 2 amide bonds. The van der Waals surface area contributed by atoms with E-state index in [1.165, 1.54) is 0 Å². The van der Waals surface area contributed by atoms with Gasteiger partial charge in [0, 0.05) is 39.2 Å². The van der Waals surface area contributed by atoms with Gasteiger partial charge in [0.15, 0.2) is 0 Å². The minimum absolute atomic E-state index is 0.270. The van der Waals surface area contributed by atoms with E-state index in [4.69, 9.17) is 9.47 Å². The van der Waals surface area contributed by atoms with Crippen molar-refractivity contribution in [1.82, 2.24) is 15.1 Å². The molecule has 0 aliphatic heterocycles. The van der Waals surface area contributed by atoms with E-state index in [1.807, 2.05) is 24.3 Å². The van der Waals surface area contributed by atoms with Crippen LogP contribution in [0, 0.1) is 0 Å². The molecule has 3 N–H and O–H groups in total. The van der Waals surface area contributed by atoms with Crippen molar-refractivity contribution in [3.05, 3.63) is 42.2 Å². The maximum atomic E-state index is 11.9. The van der Waals surface area contributed by atoms with E-state index in [9.17, 15) is 4.79 Å². The maximum absolute atomic E-state index is 11.9. The Bertz CT molecular complexity index is 642. The number of ether oxygens (including phenoxy) is 2. The zero-order chi connectivity index (χ0) is 17.9. The molecule has 2 rings (SSSR count). The Labute approximate surface area is 147 Å². The van der Waals surface area contributed by atoms with Gasteiger partial charge in [0.2, 0.25) is 0 Å². The van der Waals surface area contributed by atoms with Crippen LogP contribution in [-0.2, 0) is 22.6 Å². The largest absolute Gasteiger partial charge is 0.383 e. The number of urea groups is 1. The molecule has 2 aromatic rings. The van der Waals surface area contributed by atoms with E-state index in [0.717, 1.165) is 17.8 Å². The quantitative estimate of drug-likeness (QED) is 0.571. The molecule has 0 atom stereocenters. The van der Waals surface area contributed by atoms with Crippen molar-refractivity contribution >= 4 is 17.4 Å². The molecule has 1 heterocycles. The van der Waals surface area contributed by atoms with Crippen molar-refractivity contribution in [2.75, 3.05) is 44.6 Å². The molecule has 0 aliphatic rings. The van der Waals surface area contributed by atoms with E-state index in [2.05, 4.69) is 21.0 Å². The minimum atomic E-state index is -0.270. The lowest BCUT2D eigenvalue weighted by Crippen LogP contribution is -2.28. The molecule has 136 valence electrons. The summed E-state index contributed by atoms with van der Waals surface area (Å²) in [6.07, 6.45) is 3.37. The van der Waals surface area contributed by atoms with Crippen LogP contribution in [0.5, 0.6) is 0 Å². The lowest BCUT2D eigenvalue weighted by atomic mass is 10.2. The van der Waals surface area contributed by atoms with E-state index in [0.29, 0.717) is 32.0 Å². The van der Waals surface area contributed by atoms with Gasteiger partial charge in [-0.25, -0.2) is 4.79 Å². The van der Waals surface area contributed by atoms with Crippen LogP contribution < -0.4 is 16.0 Å². The SMILES string of the molecule is COCCNc1ccc(CNC(=O)Nc2cnn(CCOC)c2)cc1. The highest BCUT2D eigenvalue weighted by Crippen LogP contribution is 2.09. The van der Waals surface area contributed by atoms with Crippen molar-refractivity contribution in [1.29, 1.82) is 0 Å². The first kappa shape index (κ1) is 18.8. The van der Waals surface area contributed by atoms with Crippen molar-refractivity contribution in [2.45, 2.75) is 13.1 Å². The average molecular weight is 347 g/mol. The molecule has 1 aromatic heterocycles. The summed E-state index contributed by atoms with van der Waals surface area (Å²) in [6.45, 7) is 3.08. The predicted octanol–water partition coefficient (Wildman–Crippen LogP) is 1.91. The molecule has 25 heavy (non-hydrogen) atoms. The number of hydrogen-bond donors (Lipinski definition) is 3. The zero-order valence-electron chi connectivity index (χ0n) is 14.6. The van der Waals surface area contributed by atoms with E-state index in [1.54, 1.807) is 31.3 Å². The summed E-state index contributed by atoms with van der Waals surface area (Å²) in [5.74, 6) is 0. The van der Waals surface area contributed by atoms with E-state index >= 15 is 0 Å². The number of anilines is 2. The first-order valence-corrected chi connectivity index (χ1v) is 8.09. The molecule has 8 heteroatoms. The highest BCUT2D eigenvalue weighted by molar-refractivity contribution is 5.88. The predicted molar refractivity (Wildman–Crippen MR) is 96.8 cm³/mol. The molecule has 0 aliphatic carbocycles. The van der Waals surface area contributed by atoms with Crippen LogP contribution >= 0.6 is 0 Å². The van der Waals surface area contributed by atoms with Crippen LogP contribution in [-0.4, -0.2) is 49.8 Å². The molecule has 0 radical (unpaired) electrons. The van der Waals surface area contributed by atoms with Crippen LogP contribution in [0.15, 0.2) is 36.7 Å². The fourth-order valence-corrected chi connectivity index (χ4v) is 2.13. The normalized spacial score (nSPS) is 10.5. The fourth-order valence-electron chi connectivity index (χ4n) is 2.13. The minimum Gasteiger partial charge on any atom is -0.383 e. The molecule has 0 saturated carbocycles. The Morgan fingerprint density at radius 2 is 1.88 bits per heavy atom. The number of aromatic nitrogens is 2. The first-order chi connectivity index (χ1) is 12.2. The average Bonchev–Trinajstić information content (AvgIpc) is 3.07. The number of benzene rings is 1. The maximum Gasteiger partial charge on any atom is 0.319 e. The molecule has 0 saturated heterocycles. The lowest BCUT2D eigenvalue weighted by molar-refractivity contribution is 0.183. The van der Waals surface area contributed by atoms with Crippen LogP contribution in [0.4, 0.5) is 16.2 Å². The molecule has 8 nitrogen and oxygen atoms in total. The van der Waals surface area contributed by atoms with Crippen LogP contribution in [0.1, 0.15) is 5.56 Å². The van der Waals surface area contributed by atoms with Gasteiger partial charge >= 0.3 is 6.03 Å². The van der Waals surface area contributed by atoms with E-state index in [-0.39, 0.29) is 6.03 Å². The summed E-state index contributed by atoms with van der Waals surface area (Å²) in [5, 5.41) is 13.0. The van der Waals surface area contributed by atoms with Crippen LogP contribution in [0.25, 0.3) is 0 Å². The number of nitrogens with zero attached hydrogens (tertiary/aromatic N) is 2. The van der Waals surface area contributed by atoms with Crippen molar-refractivity contribution in [2.24, 2.45) is 0 Å². The topological polar surface area (TPSA) is 89.4 Å².